The van der Waals surface area contributed by atoms with E-state index in [4.69, 9.17) is 19.4 Å². The zero-order valence-corrected chi connectivity index (χ0v) is 17.6. The van der Waals surface area contributed by atoms with Crippen molar-refractivity contribution in [2.45, 2.75) is 18.2 Å². The van der Waals surface area contributed by atoms with Crippen molar-refractivity contribution in [3.05, 3.63) is 52.9 Å². The van der Waals surface area contributed by atoms with Crippen LogP contribution in [-0.4, -0.2) is 64.9 Å². The molecule has 1 atom stereocenters. The molecule has 0 bridgehead atoms. The molecule has 2 aliphatic rings. The van der Waals surface area contributed by atoms with Gasteiger partial charge in [-0.05, 0) is 30.0 Å². The Morgan fingerprint density at radius 3 is 2.66 bits per heavy atom. The zero-order chi connectivity index (χ0) is 23.2. The van der Waals surface area contributed by atoms with Gasteiger partial charge in [-0.1, -0.05) is 12.1 Å². The van der Waals surface area contributed by atoms with Crippen molar-refractivity contribution < 1.29 is 37.3 Å². The standard InChI is InChI=1S/C19H20N2O3S.C2HF3O2/c22-18(7-6-16-4-3-11-25-16)21-13-19(14-21)15(8-10-24-19)12-23-17-5-1-2-9-20-17;3-2(4,5)1(6)7/h1-7,9,11,15H,8,10,12-14H2;(H,6,7)/b7-6+;. The molecule has 7 nitrogen and oxygen atoms in total. The number of carbonyl (C=O) groups is 2. The lowest BCUT2D eigenvalue weighted by Gasteiger charge is -2.49. The van der Waals surface area contributed by atoms with Gasteiger partial charge in [0.2, 0.25) is 11.8 Å². The molecule has 2 aliphatic heterocycles. The first-order valence-corrected chi connectivity index (χ1v) is 10.6. The summed E-state index contributed by atoms with van der Waals surface area (Å²) in [5.74, 6) is -1.79. The number of amides is 1. The summed E-state index contributed by atoms with van der Waals surface area (Å²) in [5.41, 5.74) is -0.249. The molecule has 1 N–H and O–H groups in total. The summed E-state index contributed by atoms with van der Waals surface area (Å²) < 4.78 is 43.5. The zero-order valence-electron chi connectivity index (χ0n) is 16.8. The molecule has 1 unspecified atom stereocenters. The largest absolute Gasteiger partial charge is 0.490 e. The van der Waals surface area contributed by atoms with Gasteiger partial charge in [0.25, 0.3) is 0 Å². The van der Waals surface area contributed by atoms with Gasteiger partial charge >= 0.3 is 12.1 Å². The van der Waals surface area contributed by atoms with Crippen LogP contribution in [-0.2, 0) is 14.3 Å². The number of likely N-dealkylation sites (tertiary alicyclic amines) is 1. The number of carbonyl (C=O) groups excluding carboxylic acids is 1. The van der Waals surface area contributed by atoms with Crippen molar-refractivity contribution in [2.24, 2.45) is 5.92 Å². The number of thiophene rings is 1. The first kappa shape index (κ1) is 23.7. The van der Waals surface area contributed by atoms with Crippen molar-refractivity contribution in [2.75, 3.05) is 26.3 Å². The highest BCUT2D eigenvalue weighted by molar-refractivity contribution is 7.10. The first-order valence-electron chi connectivity index (χ1n) is 9.68. The van der Waals surface area contributed by atoms with Crippen LogP contribution >= 0.6 is 11.3 Å². The summed E-state index contributed by atoms with van der Waals surface area (Å²) in [6, 6.07) is 9.61. The number of hydrogen-bond donors (Lipinski definition) is 1. The van der Waals surface area contributed by atoms with Crippen LogP contribution in [0.5, 0.6) is 5.88 Å². The molecule has 0 aliphatic carbocycles. The van der Waals surface area contributed by atoms with Crippen LogP contribution in [0.25, 0.3) is 6.08 Å². The molecule has 2 aromatic rings. The van der Waals surface area contributed by atoms with Crippen LogP contribution in [0, 0.1) is 5.92 Å². The quantitative estimate of drug-likeness (QED) is 0.673. The van der Waals surface area contributed by atoms with E-state index < -0.39 is 12.1 Å². The average molecular weight is 470 g/mol. The minimum atomic E-state index is -5.08. The molecule has 172 valence electrons. The van der Waals surface area contributed by atoms with Gasteiger partial charge in [-0.15, -0.1) is 11.3 Å². The Morgan fingerprint density at radius 2 is 2.06 bits per heavy atom. The Kier molecular flexibility index (Phi) is 7.52. The molecule has 4 rings (SSSR count). The monoisotopic (exact) mass is 470 g/mol. The lowest BCUT2D eigenvalue weighted by atomic mass is 9.81. The van der Waals surface area contributed by atoms with Crippen LogP contribution in [0.2, 0.25) is 0 Å². The third kappa shape index (κ3) is 6.07. The lowest BCUT2D eigenvalue weighted by Crippen LogP contribution is -2.66. The van der Waals surface area contributed by atoms with Crippen molar-refractivity contribution in [3.63, 3.8) is 0 Å². The second kappa shape index (κ2) is 10.1. The van der Waals surface area contributed by atoms with E-state index in [0.717, 1.165) is 17.9 Å². The molecule has 0 radical (unpaired) electrons. The number of carboxylic acids is 1. The van der Waals surface area contributed by atoms with Crippen molar-refractivity contribution >= 4 is 29.3 Å². The molecule has 2 saturated heterocycles. The van der Waals surface area contributed by atoms with Gasteiger partial charge in [-0.25, -0.2) is 9.78 Å². The number of pyridine rings is 1. The first-order chi connectivity index (χ1) is 15.2. The molecular formula is C21H21F3N2O5S. The summed E-state index contributed by atoms with van der Waals surface area (Å²) >= 11 is 1.62. The third-order valence-electron chi connectivity index (χ3n) is 5.07. The number of halogens is 3. The van der Waals surface area contributed by atoms with E-state index >= 15 is 0 Å². The number of aliphatic carboxylic acids is 1. The highest BCUT2D eigenvalue weighted by Gasteiger charge is 2.54. The fourth-order valence-corrected chi connectivity index (χ4v) is 4.01. The number of ether oxygens (including phenoxy) is 2. The number of hydrogen-bond acceptors (Lipinski definition) is 6. The SMILES string of the molecule is O=C(/C=C/c1cccs1)N1CC2(C1)OCCC2COc1ccccn1.O=C(O)C(F)(F)F. The number of nitrogens with zero attached hydrogens (tertiary/aromatic N) is 2. The highest BCUT2D eigenvalue weighted by Crippen LogP contribution is 2.40. The Morgan fingerprint density at radius 1 is 1.31 bits per heavy atom. The third-order valence-corrected chi connectivity index (χ3v) is 5.91. The fourth-order valence-electron chi connectivity index (χ4n) is 3.39. The van der Waals surface area contributed by atoms with Crippen molar-refractivity contribution in [1.29, 1.82) is 0 Å². The molecular weight excluding hydrogens is 449 g/mol. The van der Waals surface area contributed by atoms with Crippen LogP contribution in [0.4, 0.5) is 13.2 Å². The second-order valence-corrected chi connectivity index (χ2v) is 8.20. The topological polar surface area (TPSA) is 89.0 Å². The van der Waals surface area contributed by atoms with Crippen LogP contribution < -0.4 is 4.74 Å². The number of alkyl halides is 3. The van der Waals surface area contributed by atoms with Gasteiger partial charge in [0.05, 0.1) is 19.7 Å². The number of aromatic nitrogens is 1. The molecule has 0 aromatic carbocycles. The predicted octanol–water partition coefficient (Wildman–Crippen LogP) is 3.49. The second-order valence-electron chi connectivity index (χ2n) is 7.22. The summed E-state index contributed by atoms with van der Waals surface area (Å²) in [4.78, 5) is 28.3. The van der Waals surface area contributed by atoms with E-state index in [1.807, 2.05) is 46.7 Å². The Labute approximate surface area is 186 Å². The van der Waals surface area contributed by atoms with E-state index in [-0.39, 0.29) is 11.5 Å². The maximum atomic E-state index is 12.3. The molecule has 32 heavy (non-hydrogen) atoms. The molecule has 1 spiro atoms. The number of rotatable bonds is 5. The van der Waals surface area contributed by atoms with Gasteiger partial charge in [0.1, 0.15) is 5.60 Å². The van der Waals surface area contributed by atoms with Gasteiger partial charge < -0.3 is 19.5 Å². The highest BCUT2D eigenvalue weighted by atomic mass is 32.1. The molecule has 2 fully saturated rings. The normalized spacial score (nSPS) is 19.3. The maximum absolute atomic E-state index is 12.3. The van der Waals surface area contributed by atoms with E-state index in [0.29, 0.717) is 31.5 Å². The van der Waals surface area contributed by atoms with E-state index in [9.17, 15) is 18.0 Å². The smallest absolute Gasteiger partial charge is 0.477 e. The van der Waals surface area contributed by atoms with Crippen molar-refractivity contribution in [3.8, 4) is 5.88 Å². The minimum Gasteiger partial charge on any atom is -0.477 e. The van der Waals surface area contributed by atoms with E-state index in [1.165, 1.54) is 0 Å². The molecule has 1 amide bonds. The van der Waals surface area contributed by atoms with E-state index in [1.54, 1.807) is 23.6 Å². The Balaban J connectivity index is 0.000000360. The fraction of sp³-hybridized carbons (Fsp3) is 0.381. The van der Waals surface area contributed by atoms with E-state index in [2.05, 4.69) is 4.98 Å². The van der Waals surface area contributed by atoms with Crippen LogP contribution in [0.1, 0.15) is 11.3 Å². The van der Waals surface area contributed by atoms with Gasteiger partial charge in [0.15, 0.2) is 0 Å². The number of carboxylic acid groups (broad SMARTS) is 1. The molecule has 11 heteroatoms. The van der Waals surface area contributed by atoms with Gasteiger partial charge in [-0.2, -0.15) is 13.2 Å². The lowest BCUT2D eigenvalue weighted by molar-refractivity contribution is -0.192. The molecule has 2 aromatic heterocycles. The Hall–Kier alpha value is -2.92. The van der Waals surface area contributed by atoms with Crippen molar-refractivity contribution in [1.82, 2.24) is 9.88 Å². The predicted molar refractivity (Wildman–Crippen MR) is 110 cm³/mol. The van der Waals surface area contributed by atoms with Crippen LogP contribution in [0.3, 0.4) is 0 Å². The Bertz CT molecular complexity index is 929. The molecule has 0 saturated carbocycles. The van der Waals surface area contributed by atoms with Gasteiger partial charge in [0, 0.05) is 35.7 Å². The summed E-state index contributed by atoms with van der Waals surface area (Å²) in [6.07, 6.45) is 1.11. The average Bonchev–Trinajstić information content (AvgIpc) is 3.39. The maximum Gasteiger partial charge on any atom is 0.490 e. The van der Waals surface area contributed by atoms with Crippen LogP contribution in [0.15, 0.2) is 48.0 Å². The summed E-state index contributed by atoms with van der Waals surface area (Å²) in [5, 5.41) is 9.13. The summed E-state index contributed by atoms with van der Waals surface area (Å²) in [7, 11) is 0. The molecule has 4 heterocycles. The summed E-state index contributed by atoms with van der Waals surface area (Å²) in [6.45, 7) is 2.57. The minimum absolute atomic E-state index is 0.0407. The van der Waals surface area contributed by atoms with Gasteiger partial charge in [-0.3, -0.25) is 4.79 Å².